The summed E-state index contributed by atoms with van der Waals surface area (Å²) < 4.78 is 5.70. The molecule has 0 spiro atoms. The van der Waals surface area contributed by atoms with Crippen LogP contribution in [0.25, 0.3) is 0 Å². The van der Waals surface area contributed by atoms with Gasteiger partial charge < -0.3 is 15.6 Å². The minimum absolute atomic E-state index is 0. The van der Waals surface area contributed by atoms with Crippen molar-refractivity contribution in [3.63, 3.8) is 0 Å². The van der Waals surface area contributed by atoms with Gasteiger partial charge in [0.05, 0.1) is 12.1 Å². The molecule has 20 heavy (non-hydrogen) atoms. The quantitative estimate of drug-likeness (QED) is 0.884. The number of hydrogen-bond donors (Lipinski definition) is 2. The number of para-hydroxylation sites is 1. The second-order valence-corrected chi connectivity index (χ2v) is 4.49. The van der Waals surface area contributed by atoms with E-state index in [4.69, 9.17) is 10.5 Å². The summed E-state index contributed by atoms with van der Waals surface area (Å²) in [6.45, 7) is 1.91. The molecule has 0 radical (unpaired) electrons. The number of nitrogens with two attached hydrogens (primary N) is 1. The van der Waals surface area contributed by atoms with Gasteiger partial charge in [0.15, 0.2) is 0 Å². The Balaban J connectivity index is 0.00000200. The minimum atomic E-state index is -0.513. The van der Waals surface area contributed by atoms with E-state index in [1.54, 1.807) is 0 Å². The van der Waals surface area contributed by atoms with Crippen LogP contribution in [0.5, 0.6) is 11.5 Å². The molecule has 2 atom stereocenters. The van der Waals surface area contributed by atoms with E-state index in [2.05, 4.69) is 0 Å². The molecule has 0 aliphatic carbocycles. The molecule has 0 aliphatic heterocycles. The van der Waals surface area contributed by atoms with Crippen molar-refractivity contribution < 1.29 is 9.84 Å². The summed E-state index contributed by atoms with van der Waals surface area (Å²) >= 11 is 0. The van der Waals surface area contributed by atoms with E-state index in [1.807, 2.05) is 61.5 Å². The summed E-state index contributed by atoms with van der Waals surface area (Å²) in [6.07, 6.45) is 0.129. The second kappa shape index (κ2) is 7.90. The molecule has 0 aliphatic rings. The average molecular weight is 294 g/mol. The van der Waals surface area contributed by atoms with Crippen LogP contribution < -0.4 is 10.5 Å². The first-order chi connectivity index (χ1) is 9.20. The van der Waals surface area contributed by atoms with E-state index >= 15 is 0 Å². The predicted octanol–water partition coefficient (Wildman–Crippen LogP) is 3.67. The summed E-state index contributed by atoms with van der Waals surface area (Å²) in [5.74, 6) is 1.56. The van der Waals surface area contributed by atoms with Crippen LogP contribution in [-0.4, -0.2) is 11.2 Å². The maximum Gasteiger partial charge on any atom is 0.127 e. The van der Waals surface area contributed by atoms with Crippen LogP contribution in [0.3, 0.4) is 0 Å². The van der Waals surface area contributed by atoms with Gasteiger partial charge in [-0.25, -0.2) is 0 Å². The SMILES string of the molecule is CC[C@H](O)[C@H](N)c1ccc(Oc2ccccc2)cc1.Cl. The number of aliphatic hydroxyl groups excluding tert-OH is 1. The molecule has 0 heterocycles. The van der Waals surface area contributed by atoms with Crippen LogP contribution in [0.4, 0.5) is 0 Å². The molecule has 4 heteroatoms. The van der Waals surface area contributed by atoms with E-state index in [1.165, 1.54) is 0 Å². The normalized spacial score (nSPS) is 13.2. The number of rotatable bonds is 5. The standard InChI is InChI=1S/C16H19NO2.ClH/c1-2-15(18)16(17)12-8-10-14(11-9-12)19-13-6-4-3-5-7-13;/h3-11,15-16,18H,2,17H2,1H3;1H/t15-,16+;/m0./s1. The lowest BCUT2D eigenvalue weighted by Gasteiger charge is -2.17. The van der Waals surface area contributed by atoms with Crippen LogP contribution in [0, 0.1) is 0 Å². The first-order valence-corrected chi connectivity index (χ1v) is 6.47. The molecule has 0 fully saturated rings. The Morgan fingerprint density at radius 3 is 2.10 bits per heavy atom. The summed E-state index contributed by atoms with van der Waals surface area (Å²) in [4.78, 5) is 0. The van der Waals surface area contributed by atoms with E-state index in [0.29, 0.717) is 6.42 Å². The summed E-state index contributed by atoms with van der Waals surface area (Å²) in [7, 11) is 0. The smallest absolute Gasteiger partial charge is 0.127 e. The molecule has 2 aromatic rings. The fourth-order valence-corrected chi connectivity index (χ4v) is 1.86. The second-order valence-electron chi connectivity index (χ2n) is 4.49. The minimum Gasteiger partial charge on any atom is -0.457 e. The van der Waals surface area contributed by atoms with Gasteiger partial charge in [0.1, 0.15) is 11.5 Å². The third kappa shape index (κ3) is 4.23. The van der Waals surface area contributed by atoms with Gasteiger partial charge in [-0.2, -0.15) is 0 Å². The van der Waals surface area contributed by atoms with Crippen molar-refractivity contribution in [1.29, 1.82) is 0 Å². The van der Waals surface area contributed by atoms with Crippen molar-refractivity contribution in [2.24, 2.45) is 5.73 Å². The Hall–Kier alpha value is -1.55. The Morgan fingerprint density at radius 1 is 1.00 bits per heavy atom. The van der Waals surface area contributed by atoms with Crippen LogP contribution in [0.1, 0.15) is 24.9 Å². The van der Waals surface area contributed by atoms with Crippen molar-refractivity contribution in [2.45, 2.75) is 25.5 Å². The summed E-state index contributed by atoms with van der Waals surface area (Å²) in [5, 5.41) is 9.73. The third-order valence-corrected chi connectivity index (χ3v) is 3.08. The van der Waals surface area contributed by atoms with Gasteiger partial charge in [0.2, 0.25) is 0 Å². The topological polar surface area (TPSA) is 55.5 Å². The summed E-state index contributed by atoms with van der Waals surface area (Å²) in [6, 6.07) is 16.8. The lowest BCUT2D eigenvalue weighted by Crippen LogP contribution is -2.25. The largest absolute Gasteiger partial charge is 0.457 e. The molecule has 0 aromatic heterocycles. The highest BCUT2D eigenvalue weighted by Crippen LogP contribution is 2.24. The molecular formula is C16H20ClNO2. The lowest BCUT2D eigenvalue weighted by molar-refractivity contribution is 0.140. The molecule has 2 aromatic carbocycles. The molecule has 0 saturated heterocycles. The fraction of sp³-hybridized carbons (Fsp3) is 0.250. The highest BCUT2D eigenvalue weighted by atomic mass is 35.5. The van der Waals surface area contributed by atoms with Gasteiger partial charge in [-0.1, -0.05) is 37.3 Å². The van der Waals surface area contributed by atoms with Crippen molar-refractivity contribution >= 4 is 12.4 Å². The molecule has 108 valence electrons. The number of halogens is 1. The van der Waals surface area contributed by atoms with E-state index in [9.17, 15) is 5.11 Å². The molecule has 3 nitrogen and oxygen atoms in total. The van der Waals surface area contributed by atoms with Crippen LogP contribution in [0.2, 0.25) is 0 Å². The van der Waals surface area contributed by atoms with Crippen LogP contribution in [-0.2, 0) is 0 Å². The molecule has 0 amide bonds. The van der Waals surface area contributed by atoms with Crippen LogP contribution >= 0.6 is 12.4 Å². The first-order valence-electron chi connectivity index (χ1n) is 6.47. The third-order valence-electron chi connectivity index (χ3n) is 3.08. The molecule has 3 N–H and O–H groups in total. The molecular weight excluding hydrogens is 274 g/mol. The zero-order chi connectivity index (χ0) is 13.7. The highest BCUT2D eigenvalue weighted by Gasteiger charge is 2.14. The maximum absolute atomic E-state index is 9.73. The van der Waals surface area contributed by atoms with Gasteiger partial charge in [0.25, 0.3) is 0 Å². The van der Waals surface area contributed by atoms with Gasteiger partial charge in [0, 0.05) is 0 Å². The van der Waals surface area contributed by atoms with Crippen molar-refractivity contribution in [1.82, 2.24) is 0 Å². The number of hydrogen-bond acceptors (Lipinski definition) is 3. The Labute approximate surface area is 125 Å². The van der Waals surface area contributed by atoms with Crippen molar-refractivity contribution in [3.05, 3.63) is 60.2 Å². The lowest BCUT2D eigenvalue weighted by atomic mass is 10.0. The van der Waals surface area contributed by atoms with Gasteiger partial charge in [-0.15, -0.1) is 12.4 Å². The van der Waals surface area contributed by atoms with Crippen LogP contribution in [0.15, 0.2) is 54.6 Å². The first kappa shape index (κ1) is 16.5. The van der Waals surface area contributed by atoms with Gasteiger partial charge in [-0.3, -0.25) is 0 Å². The molecule has 0 unspecified atom stereocenters. The Morgan fingerprint density at radius 2 is 1.55 bits per heavy atom. The van der Waals surface area contributed by atoms with E-state index in [0.717, 1.165) is 17.1 Å². The monoisotopic (exact) mass is 293 g/mol. The highest BCUT2D eigenvalue weighted by molar-refractivity contribution is 5.85. The number of benzene rings is 2. The Bertz CT molecular complexity index is 502. The van der Waals surface area contributed by atoms with Crippen molar-refractivity contribution in [3.8, 4) is 11.5 Å². The average Bonchev–Trinajstić information content (AvgIpc) is 2.47. The number of aliphatic hydroxyl groups is 1. The number of ether oxygens (including phenoxy) is 1. The van der Waals surface area contributed by atoms with E-state index in [-0.39, 0.29) is 18.4 Å². The van der Waals surface area contributed by atoms with E-state index < -0.39 is 6.10 Å². The molecule has 0 bridgehead atoms. The zero-order valence-electron chi connectivity index (χ0n) is 11.4. The zero-order valence-corrected chi connectivity index (χ0v) is 12.2. The van der Waals surface area contributed by atoms with Crippen molar-refractivity contribution in [2.75, 3.05) is 0 Å². The predicted molar refractivity (Wildman–Crippen MR) is 83.4 cm³/mol. The molecule has 2 rings (SSSR count). The van der Waals surface area contributed by atoms with Gasteiger partial charge in [-0.05, 0) is 36.2 Å². The Kier molecular flexibility index (Phi) is 6.52. The maximum atomic E-state index is 9.73. The van der Waals surface area contributed by atoms with Gasteiger partial charge >= 0.3 is 0 Å². The molecule has 0 saturated carbocycles. The fourth-order valence-electron chi connectivity index (χ4n) is 1.86. The summed E-state index contributed by atoms with van der Waals surface area (Å²) in [5.41, 5.74) is 6.87.